The first-order chi connectivity index (χ1) is 16.8. The van der Waals surface area contributed by atoms with E-state index in [-0.39, 0.29) is 43.1 Å². The molecule has 0 bridgehead atoms. The molecule has 1 N–H and O–H groups in total. The van der Waals surface area contributed by atoms with Gasteiger partial charge in [-0.05, 0) is 91.5 Å². The average Bonchev–Trinajstić information content (AvgIpc) is 3.09. The number of rotatable bonds is 4. The summed E-state index contributed by atoms with van der Waals surface area (Å²) in [5.74, 6) is 1.48. The van der Waals surface area contributed by atoms with Crippen molar-refractivity contribution in [2.75, 3.05) is 0 Å². The average molecular weight is 480 g/mol. The first-order valence-corrected chi connectivity index (χ1v) is 13.1. The highest BCUT2D eigenvalue weighted by Gasteiger charge is 2.54. The van der Waals surface area contributed by atoms with Gasteiger partial charge in [-0.15, -0.1) is 0 Å². The van der Waals surface area contributed by atoms with E-state index >= 15 is 0 Å². The number of esters is 1. The van der Waals surface area contributed by atoms with Gasteiger partial charge < -0.3 is 10.1 Å². The quantitative estimate of drug-likeness (QED) is 0.531. The summed E-state index contributed by atoms with van der Waals surface area (Å²) in [5.41, 5.74) is 3.38. The van der Waals surface area contributed by atoms with Crippen LogP contribution in [0, 0.1) is 41.3 Å². The topological polar surface area (TPSA) is 55.4 Å². The van der Waals surface area contributed by atoms with Crippen molar-refractivity contribution in [1.29, 1.82) is 0 Å². The smallest absolute Gasteiger partial charge is 0.309 e. The van der Waals surface area contributed by atoms with Gasteiger partial charge in [0.25, 0.3) is 0 Å². The van der Waals surface area contributed by atoms with Crippen LogP contribution < -0.4 is 5.32 Å². The fraction of sp³-hybridized carbons (Fsp3) is 0.533. The molecule has 4 aliphatic rings. The number of hydrogen-bond donors (Lipinski definition) is 1. The molecule has 1 saturated heterocycles. The summed E-state index contributed by atoms with van der Waals surface area (Å²) in [6.07, 6.45) is 13.6. The number of ether oxygens (including phenoxy) is 1. The molecular formula is C30H38FNO3. The van der Waals surface area contributed by atoms with Gasteiger partial charge in [0.15, 0.2) is 0 Å². The third kappa shape index (κ3) is 4.87. The number of allylic oxidation sites excluding steroid dienone is 6. The van der Waals surface area contributed by atoms with Gasteiger partial charge >= 0.3 is 5.97 Å². The summed E-state index contributed by atoms with van der Waals surface area (Å²) in [6, 6.07) is 7.03. The van der Waals surface area contributed by atoms with E-state index in [1.165, 1.54) is 17.2 Å². The predicted octanol–water partition coefficient (Wildman–Crippen LogP) is 6.10. The molecule has 188 valence electrons. The van der Waals surface area contributed by atoms with Gasteiger partial charge in [-0.2, -0.15) is 0 Å². The number of fused-ring (bicyclic) bond motifs is 2. The van der Waals surface area contributed by atoms with Crippen LogP contribution in [-0.4, -0.2) is 24.0 Å². The number of amides is 1. The van der Waals surface area contributed by atoms with E-state index in [1.807, 2.05) is 13.0 Å². The standard InChI is InChI=1S/C30H36FNO3.H2/c1-17-13-20(7-10-25(17)21-5-4-6-23(31)14-21)8-11-27-26-12-9-24(32-19(3)33)15-22(26)16-28-29(27)18(2)35-30(28)34;/h4-8,10-11,14,17-18,22,24,26-29H,9,12-13,15-16H2,1-3H3,(H,32,33);1H/b11-8+;/t17?,18-,22+,24-,26-,27-,28+,29-;/m1./s1. The Bertz CT molecular complexity index is 1100. The van der Waals surface area contributed by atoms with Gasteiger partial charge in [0.05, 0.1) is 5.92 Å². The molecule has 4 nitrogen and oxygen atoms in total. The molecule has 1 aromatic rings. The molecule has 0 aromatic heterocycles. The second-order valence-electron chi connectivity index (χ2n) is 11.1. The Morgan fingerprint density at radius 3 is 2.77 bits per heavy atom. The minimum Gasteiger partial charge on any atom is -0.462 e. The molecule has 0 radical (unpaired) electrons. The third-order valence-electron chi connectivity index (χ3n) is 8.80. The molecule has 1 aromatic carbocycles. The van der Waals surface area contributed by atoms with Crippen LogP contribution in [0.1, 0.15) is 59.9 Å². The normalized spacial score (nSPS) is 36.6. The minimum absolute atomic E-state index is 0. The maximum atomic E-state index is 13.7. The number of halogens is 1. The van der Waals surface area contributed by atoms with Crippen LogP contribution in [0.4, 0.5) is 4.39 Å². The van der Waals surface area contributed by atoms with E-state index in [0.29, 0.717) is 23.7 Å². The van der Waals surface area contributed by atoms with Crippen molar-refractivity contribution in [3.63, 3.8) is 0 Å². The largest absolute Gasteiger partial charge is 0.462 e. The first kappa shape index (κ1) is 24.0. The Kier molecular flexibility index (Phi) is 6.69. The molecule has 35 heavy (non-hydrogen) atoms. The van der Waals surface area contributed by atoms with Gasteiger partial charge in [-0.1, -0.05) is 43.4 Å². The van der Waals surface area contributed by atoms with Crippen molar-refractivity contribution in [3.8, 4) is 0 Å². The lowest BCUT2D eigenvalue weighted by atomic mass is 9.56. The van der Waals surface area contributed by atoms with Crippen LogP contribution in [0.15, 0.2) is 54.1 Å². The van der Waals surface area contributed by atoms with Gasteiger partial charge in [0, 0.05) is 20.3 Å². The van der Waals surface area contributed by atoms with Crippen molar-refractivity contribution in [2.45, 2.75) is 65.0 Å². The van der Waals surface area contributed by atoms with Crippen LogP contribution in [0.25, 0.3) is 5.57 Å². The van der Waals surface area contributed by atoms with E-state index in [1.54, 1.807) is 19.1 Å². The number of carbonyl (C=O) groups excluding carboxylic acids is 2. The molecule has 5 rings (SSSR count). The zero-order valence-corrected chi connectivity index (χ0v) is 20.9. The predicted molar refractivity (Wildman–Crippen MR) is 137 cm³/mol. The molecule has 3 aliphatic carbocycles. The Balaban J connectivity index is 0.00000304. The zero-order valence-electron chi connectivity index (χ0n) is 20.9. The molecule has 3 fully saturated rings. The second kappa shape index (κ2) is 9.75. The Morgan fingerprint density at radius 2 is 2.03 bits per heavy atom. The molecular weight excluding hydrogens is 441 g/mol. The van der Waals surface area contributed by atoms with Crippen LogP contribution >= 0.6 is 0 Å². The Morgan fingerprint density at radius 1 is 1.20 bits per heavy atom. The van der Waals surface area contributed by atoms with Crippen molar-refractivity contribution in [2.24, 2.45) is 35.5 Å². The summed E-state index contributed by atoms with van der Waals surface area (Å²) in [4.78, 5) is 24.3. The Labute approximate surface area is 209 Å². The lowest BCUT2D eigenvalue weighted by Crippen LogP contribution is -2.48. The van der Waals surface area contributed by atoms with Crippen molar-refractivity contribution < 1.29 is 20.1 Å². The summed E-state index contributed by atoms with van der Waals surface area (Å²) in [5, 5.41) is 3.11. The molecule has 8 atom stereocenters. The van der Waals surface area contributed by atoms with Gasteiger partial charge in [0.2, 0.25) is 5.91 Å². The maximum Gasteiger partial charge on any atom is 0.309 e. The summed E-state index contributed by atoms with van der Waals surface area (Å²) < 4.78 is 19.5. The van der Waals surface area contributed by atoms with Crippen molar-refractivity contribution in [1.82, 2.24) is 5.32 Å². The number of nitrogens with one attached hydrogen (secondary N) is 1. The number of carbonyl (C=O) groups is 2. The van der Waals surface area contributed by atoms with E-state index in [2.05, 4.69) is 36.5 Å². The van der Waals surface area contributed by atoms with E-state index in [4.69, 9.17) is 4.74 Å². The van der Waals surface area contributed by atoms with Crippen LogP contribution in [0.2, 0.25) is 0 Å². The molecule has 1 heterocycles. The van der Waals surface area contributed by atoms with Gasteiger partial charge in [0.1, 0.15) is 11.9 Å². The number of hydrogen-bond acceptors (Lipinski definition) is 3. The third-order valence-corrected chi connectivity index (χ3v) is 8.80. The maximum absolute atomic E-state index is 13.7. The van der Waals surface area contributed by atoms with E-state index in [9.17, 15) is 14.0 Å². The first-order valence-electron chi connectivity index (χ1n) is 13.1. The molecule has 2 saturated carbocycles. The highest BCUT2D eigenvalue weighted by molar-refractivity contribution is 5.76. The molecule has 1 unspecified atom stereocenters. The second-order valence-corrected chi connectivity index (χ2v) is 11.1. The zero-order chi connectivity index (χ0) is 24.7. The number of benzene rings is 1. The summed E-state index contributed by atoms with van der Waals surface area (Å²) in [6.45, 7) is 5.82. The van der Waals surface area contributed by atoms with Crippen molar-refractivity contribution in [3.05, 3.63) is 65.5 Å². The van der Waals surface area contributed by atoms with Gasteiger partial charge in [-0.25, -0.2) is 4.39 Å². The summed E-state index contributed by atoms with van der Waals surface area (Å²) in [7, 11) is 0. The summed E-state index contributed by atoms with van der Waals surface area (Å²) >= 11 is 0. The molecule has 0 spiro atoms. The van der Waals surface area contributed by atoms with E-state index < -0.39 is 0 Å². The minimum atomic E-state index is -0.206. The van der Waals surface area contributed by atoms with Crippen LogP contribution in [0.3, 0.4) is 0 Å². The lowest BCUT2D eigenvalue weighted by molar-refractivity contribution is -0.144. The lowest BCUT2D eigenvalue weighted by Gasteiger charge is -2.47. The van der Waals surface area contributed by atoms with E-state index in [0.717, 1.165) is 37.7 Å². The fourth-order valence-corrected chi connectivity index (χ4v) is 7.33. The van der Waals surface area contributed by atoms with Gasteiger partial charge in [-0.3, -0.25) is 9.59 Å². The van der Waals surface area contributed by atoms with Crippen LogP contribution in [0.5, 0.6) is 0 Å². The number of cyclic esters (lactones) is 1. The fourth-order valence-electron chi connectivity index (χ4n) is 7.33. The molecule has 1 amide bonds. The highest BCUT2D eigenvalue weighted by Crippen LogP contribution is 2.53. The SMILES string of the molecule is CC(=O)N[C@@H]1CC[C@@H]2[C@@H](C1)C[C@@H]1C(=O)O[C@H](C)[C@@H]1[C@@H]2/C=C/C1=CC=C(c2cccc(F)c2)C(C)C1.[HH]. The molecule has 1 aliphatic heterocycles. The molecule has 5 heteroatoms. The Hall–Kier alpha value is -2.69. The highest BCUT2D eigenvalue weighted by atomic mass is 19.1. The van der Waals surface area contributed by atoms with Crippen molar-refractivity contribution >= 4 is 17.4 Å². The monoisotopic (exact) mass is 479 g/mol. The van der Waals surface area contributed by atoms with Crippen LogP contribution in [-0.2, 0) is 14.3 Å².